The molecule has 0 spiro atoms. The Labute approximate surface area is 126 Å². The number of carboxylic acids is 1. The number of hydrogen-bond donors (Lipinski definition) is 2. The molecule has 6 nitrogen and oxygen atoms in total. The molecule has 1 saturated carbocycles. The zero-order valence-electron chi connectivity index (χ0n) is 11.3. The third-order valence-corrected chi connectivity index (χ3v) is 4.31. The summed E-state index contributed by atoms with van der Waals surface area (Å²) < 4.78 is 0. The van der Waals surface area contributed by atoms with E-state index < -0.39 is 11.5 Å². The number of hydrogen-bond acceptors (Lipinski definition) is 5. The fraction of sp³-hybridized carbons (Fsp3) is 0.429. The summed E-state index contributed by atoms with van der Waals surface area (Å²) in [6.07, 6.45) is 4.67. The van der Waals surface area contributed by atoms with Gasteiger partial charge in [0.05, 0.1) is 22.4 Å². The summed E-state index contributed by atoms with van der Waals surface area (Å²) in [5, 5.41) is 21.3. The van der Waals surface area contributed by atoms with E-state index >= 15 is 0 Å². The Hall–Kier alpha value is -2.07. The number of carbonyl (C=O) groups excluding carboxylic acids is 1. The third-order valence-electron chi connectivity index (χ3n) is 3.38. The number of thioether (sulfide) groups is 1. The summed E-state index contributed by atoms with van der Waals surface area (Å²) in [5.74, 6) is -1.15. The average Bonchev–Trinajstić information content (AvgIpc) is 2.94. The van der Waals surface area contributed by atoms with Crippen LogP contribution in [0.25, 0.3) is 0 Å². The number of carbonyl (C=O) groups is 2. The molecule has 2 N–H and O–H groups in total. The second kappa shape index (κ2) is 6.59. The molecule has 0 aliphatic heterocycles. The van der Waals surface area contributed by atoms with Crippen LogP contribution in [0, 0.1) is 11.3 Å². The highest BCUT2D eigenvalue weighted by Crippen LogP contribution is 2.29. The SMILES string of the molecule is N#CC1(NC(=O)CSc2cc(C(=O)O)ccn2)CCCC1. The number of amides is 1. The Balaban J connectivity index is 1.91. The van der Waals surface area contributed by atoms with Crippen LogP contribution in [0.5, 0.6) is 0 Å². The molecular formula is C14H15N3O3S. The van der Waals surface area contributed by atoms with Gasteiger partial charge in [0.15, 0.2) is 0 Å². The van der Waals surface area contributed by atoms with Gasteiger partial charge in [0.25, 0.3) is 0 Å². The second-order valence-corrected chi connectivity index (χ2v) is 5.92. The van der Waals surface area contributed by atoms with Gasteiger partial charge in [-0.3, -0.25) is 4.79 Å². The normalized spacial score (nSPS) is 16.1. The number of nitrogens with one attached hydrogen (secondary N) is 1. The van der Waals surface area contributed by atoms with E-state index in [0.717, 1.165) is 24.6 Å². The molecule has 1 aromatic rings. The molecule has 110 valence electrons. The van der Waals surface area contributed by atoms with Gasteiger partial charge in [0, 0.05) is 6.20 Å². The number of carboxylic acid groups (broad SMARTS) is 1. The van der Waals surface area contributed by atoms with Gasteiger partial charge in [-0.05, 0) is 37.8 Å². The summed E-state index contributed by atoms with van der Waals surface area (Å²) in [6, 6.07) is 5.02. The number of pyridine rings is 1. The first kappa shape index (κ1) is 15.3. The van der Waals surface area contributed by atoms with Gasteiger partial charge in [-0.2, -0.15) is 5.26 Å². The topological polar surface area (TPSA) is 103 Å². The molecule has 1 fully saturated rings. The quantitative estimate of drug-likeness (QED) is 0.804. The molecule has 1 aromatic heterocycles. The van der Waals surface area contributed by atoms with Crippen molar-refractivity contribution >= 4 is 23.6 Å². The van der Waals surface area contributed by atoms with Crippen molar-refractivity contribution in [3.63, 3.8) is 0 Å². The van der Waals surface area contributed by atoms with E-state index in [2.05, 4.69) is 16.4 Å². The van der Waals surface area contributed by atoms with Crippen molar-refractivity contribution in [2.24, 2.45) is 0 Å². The van der Waals surface area contributed by atoms with Crippen molar-refractivity contribution in [2.75, 3.05) is 5.75 Å². The highest BCUT2D eigenvalue weighted by molar-refractivity contribution is 7.99. The minimum Gasteiger partial charge on any atom is -0.478 e. The largest absolute Gasteiger partial charge is 0.478 e. The summed E-state index contributed by atoms with van der Waals surface area (Å²) in [5.41, 5.74) is -0.592. The van der Waals surface area contributed by atoms with Crippen molar-refractivity contribution in [2.45, 2.75) is 36.2 Å². The molecule has 1 aliphatic carbocycles. The standard InChI is InChI=1S/C14H15N3O3S/c15-9-14(4-1-2-5-14)17-11(18)8-21-12-7-10(13(19)20)3-6-16-12/h3,6-7H,1-2,4-5,8H2,(H,17,18)(H,19,20). The molecule has 0 saturated heterocycles. The lowest BCUT2D eigenvalue weighted by molar-refractivity contribution is -0.119. The Morgan fingerprint density at radius 1 is 1.48 bits per heavy atom. The van der Waals surface area contributed by atoms with Crippen LogP contribution in [0.3, 0.4) is 0 Å². The van der Waals surface area contributed by atoms with Gasteiger partial charge >= 0.3 is 5.97 Å². The molecule has 1 aliphatic rings. The van der Waals surface area contributed by atoms with E-state index in [4.69, 9.17) is 5.11 Å². The molecule has 1 amide bonds. The van der Waals surface area contributed by atoms with Crippen molar-refractivity contribution in [1.82, 2.24) is 10.3 Å². The molecular weight excluding hydrogens is 290 g/mol. The van der Waals surface area contributed by atoms with Gasteiger partial charge in [0.1, 0.15) is 5.54 Å². The zero-order chi connectivity index (χ0) is 15.3. The van der Waals surface area contributed by atoms with Crippen LogP contribution in [-0.4, -0.2) is 33.3 Å². The van der Waals surface area contributed by atoms with Crippen LogP contribution in [0.4, 0.5) is 0 Å². The van der Waals surface area contributed by atoms with E-state index in [-0.39, 0.29) is 17.2 Å². The van der Waals surface area contributed by atoms with Crippen LogP contribution in [0.15, 0.2) is 23.4 Å². The Kier molecular flexibility index (Phi) is 4.81. The maximum atomic E-state index is 11.9. The van der Waals surface area contributed by atoms with Gasteiger partial charge in [-0.25, -0.2) is 9.78 Å². The summed E-state index contributed by atoms with van der Waals surface area (Å²) in [6.45, 7) is 0. The van der Waals surface area contributed by atoms with E-state index in [9.17, 15) is 14.9 Å². The van der Waals surface area contributed by atoms with Gasteiger partial charge in [-0.15, -0.1) is 0 Å². The predicted molar refractivity (Wildman–Crippen MR) is 76.9 cm³/mol. The zero-order valence-corrected chi connectivity index (χ0v) is 12.2. The maximum Gasteiger partial charge on any atom is 0.335 e. The lowest BCUT2D eigenvalue weighted by Gasteiger charge is -2.21. The summed E-state index contributed by atoms with van der Waals surface area (Å²) in [4.78, 5) is 26.8. The first-order valence-corrected chi connectivity index (χ1v) is 7.58. The highest BCUT2D eigenvalue weighted by atomic mass is 32.2. The molecule has 0 aromatic carbocycles. The van der Waals surface area contributed by atoms with E-state index in [1.165, 1.54) is 18.3 Å². The van der Waals surface area contributed by atoms with Crippen LogP contribution in [-0.2, 0) is 4.79 Å². The smallest absolute Gasteiger partial charge is 0.335 e. The molecule has 1 heterocycles. The third kappa shape index (κ3) is 3.95. The number of rotatable bonds is 5. The van der Waals surface area contributed by atoms with E-state index in [1.54, 1.807) is 0 Å². The molecule has 7 heteroatoms. The monoisotopic (exact) mass is 305 g/mol. The molecule has 0 unspecified atom stereocenters. The van der Waals surface area contributed by atoms with Crippen molar-refractivity contribution in [3.8, 4) is 6.07 Å². The van der Waals surface area contributed by atoms with E-state index in [0.29, 0.717) is 17.9 Å². The number of nitrogens with zero attached hydrogens (tertiary/aromatic N) is 2. The van der Waals surface area contributed by atoms with Crippen molar-refractivity contribution in [1.29, 1.82) is 5.26 Å². The minimum absolute atomic E-state index is 0.111. The summed E-state index contributed by atoms with van der Waals surface area (Å²) in [7, 11) is 0. The van der Waals surface area contributed by atoms with Crippen LogP contribution >= 0.6 is 11.8 Å². The molecule has 0 atom stereocenters. The Bertz CT molecular complexity index is 591. The average molecular weight is 305 g/mol. The van der Waals surface area contributed by atoms with Gasteiger partial charge in [0.2, 0.25) is 5.91 Å². The van der Waals surface area contributed by atoms with Crippen LogP contribution in [0.2, 0.25) is 0 Å². The molecule has 0 radical (unpaired) electrons. The predicted octanol–water partition coefficient (Wildman–Crippen LogP) is 1.82. The molecule has 0 bridgehead atoms. The van der Waals surface area contributed by atoms with Crippen molar-refractivity contribution in [3.05, 3.63) is 23.9 Å². The number of aromatic carboxylic acids is 1. The highest BCUT2D eigenvalue weighted by Gasteiger charge is 2.35. The Morgan fingerprint density at radius 2 is 2.19 bits per heavy atom. The lowest BCUT2D eigenvalue weighted by atomic mass is 10.0. The molecule has 21 heavy (non-hydrogen) atoms. The minimum atomic E-state index is -1.03. The number of aromatic nitrogens is 1. The number of nitriles is 1. The molecule has 2 rings (SSSR count). The first-order chi connectivity index (χ1) is 10.0. The van der Waals surface area contributed by atoms with Gasteiger partial charge in [-0.1, -0.05) is 11.8 Å². The second-order valence-electron chi connectivity index (χ2n) is 4.93. The van der Waals surface area contributed by atoms with Crippen LogP contribution in [0.1, 0.15) is 36.0 Å². The fourth-order valence-corrected chi connectivity index (χ4v) is 3.00. The summed E-state index contributed by atoms with van der Waals surface area (Å²) >= 11 is 1.16. The lowest BCUT2D eigenvalue weighted by Crippen LogP contribution is -2.45. The first-order valence-electron chi connectivity index (χ1n) is 6.59. The maximum absolute atomic E-state index is 11.9. The van der Waals surface area contributed by atoms with Gasteiger partial charge < -0.3 is 10.4 Å². The Morgan fingerprint density at radius 3 is 2.81 bits per heavy atom. The van der Waals surface area contributed by atoms with E-state index in [1.807, 2.05) is 0 Å². The fourth-order valence-electron chi connectivity index (χ4n) is 2.31. The van der Waals surface area contributed by atoms with Crippen LogP contribution < -0.4 is 5.32 Å². The van der Waals surface area contributed by atoms with Crippen molar-refractivity contribution < 1.29 is 14.7 Å².